The van der Waals surface area contributed by atoms with E-state index in [0.717, 1.165) is 5.69 Å². The smallest absolute Gasteiger partial charge is 0.173 e. The highest BCUT2D eigenvalue weighted by Gasteiger charge is 2.13. The van der Waals surface area contributed by atoms with Crippen LogP contribution in [-0.2, 0) is 4.74 Å². The van der Waals surface area contributed by atoms with Gasteiger partial charge in [-0.3, -0.25) is 0 Å². The van der Waals surface area contributed by atoms with Gasteiger partial charge < -0.3 is 20.6 Å². The molecule has 1 rings (SSSR count). The van der Waals surface area contributed by atoms with Crippen LogP contribution in [0, 0.1) is 6.92 Å². The fraction of sp³-hybridized carbons (Fsp3) is 0.538. The Morgan fingerprint density at radius 3 is 2.79 bits per heavy atom. The molecule has 0 amide bonds. The Labute approximate surface area is 113 Å². The second-order valence-electron chi connectivity index (χ2n) is 4.65. The first-order chi connectivity index (χ1) is 8.95. The molecule has 0 aliphatic heterocycles. The zero-order valence-electron chi connectivity index (χ0n) is 11.9. The number of rotatable bonds is 6. The van der Waals surface area contributed by atoms with Crippen molar-refractivity contribution in [3.63, 3.8) is 0 Å². The van der Waals surface area contributed by atoms with E-state index in [2.05, 4.69) is 10.1 Å². The Balaban J connectivity index is 2.88. The molecule has 106 valence electrons. The van der Waals surface area contributed by atoms with Gasteiger partial charge in [-0.05, 0) is 32.9 Å². The van der Waals surface area contributed by atoms with Crippen LogP contribution in [0.5, 0.6) is 0 Å². The molecule has 0 radical (unpaired) electrons. The number of ether oxygens (including phenoxy) is 1. The Morgan fingerprint density at radius 2 is 2.21 bits per heavy atom. The van der Waals surface area contributed by atoms with E-state index in [1.54, 1.807) is 6.07 Å². The number of aryl methyl sites for hydroxylation is 1. The summed E-state index contributed by atoms with van der Waals surface area (Å²) in [5, 5.41) is 11.8. The average Bonchev–Trinajstić information content (AvgIpc) is 2.37. The normalized spacial score (nSPS) is 11.9. The highest BCUT2D eigenvalue weighted by atomic mass is 16.5. The average molecular weight is 266 g/mol. The molecule has 0 saturated heterocycles. The molecule has 19 heavy (non-hydrogen) atoms. The number of hydrogen-bond acceptors (Lipinski definition) is 5. The fourth-order valence-electron chi connectivity index (χ4n) is 1.62. The van der Waals surface area contributed by atoms with Gasteiger partial charge in [-0.15, -0.1) is 0 Å². The molecule has 0 atom stereocenters. The van der Waals surface area contributed by atoms with Crippen LogP contribution in [0.25, 0.3) is 0 Å². The summed E-state index contributed by atoms with van der Waals surface area (Å²) in [6.07, 6.45) is 0.197. The Morgan fingerprint density at radius 1 is 1.53 bits per heavy atom. The summed E-state index contributed by atoms with van der Waals surface area (Å²) in [5.41, 5.74) is 7.15. The van der Waals surface area contributed by atoms with E-state index in [1.165, 1.54) is 0 Å². The standard InChI is InChI=1S/C13H22N4O2/c1-9(2)19-8-7-17(4)13-11(12(14)16-18)6-5-10(3)15-13/h5-6,9,18H,7-8H2,1-4H3,(H2,14,16). The summed E-state index contributed by atoms with van der Waals surface area (Å²) in [6, 6.07) is 3.63. The molecule has 0 saturated carbocycles. The first-order valence-corrected chi connectivity index (χ1v) is 6.24. The highest BCUT2D eigenvalue weighted by molar-refractivity contribution is 6.01. The maximum Gasteiger partial charge on any atom is 0.173 e. The van der Waals surface area contributed by atoms with E-state index in [-0.39, 0.29) is 11.9 Å². The summed E-state index contributed by atoms with van der Waals surface area (Å²) in [6.45, 7) is 7.16. The number of hydrogen-bond donors (Lipinski definition) is 2. The van der Waals surface area contributed by atoms with Crippen molar-refractivity contribution in [3.8, 4) is 0 Å². The third kappa shape index (κ3) is 4.40. The first kappa shape index (κ1) is 15.2. The molecule has 0 fully saturated rings. The molecule has 6 nitrogen and oxygen atoms in total. The van der Waals surface area contributed by atoms with Gasteiger partial charge in [0.2, 0.25) is 0 Å². The van der Waals surface area contributed by atoms with Gasteiger partial charge in [-0.1, -0.05) is 5.16 Å². The first-order valence-electron chi connectivity index (χ1n) is 6.24. The predicted molar refractivity (Wildman–Crippen MR) is 75.8 cm³/mol. The molecular weight excluding hydrogens is 244 g/mol. The summed E-state index contributed by atoms with van der Waals surface area (Å²) in [5.74, 6) is 0.738. The summed E-state index contributed by atoms with van der Waals surface area (Å²) >= 11 is 0. The van der Waals surface area contributed by atoms with E-state index in [4.69, 9.17) is 15.7 Å². The number of anilines is 1. The van der Waals surface area contributed by atoms with Crippen molar-refractivity contribution in [1.82, 2.24) is 4.98 Å². The minimum absolute atomic E-state index is 0.0547. The molecule has 1 heterocycles. The van der Waals surface area contributed by atoms with Crippen molar-refractivity contribution in [3.05, 3.63) is 23.4 Å². The minimum Gasteiger partial charge on any atom is -0.409 e. The third-order valence-electron chi connectivity index (χ3n) is 2.64. The van der Waals surface area contributed by atoms with Crippen LogP contribution in [0.1, 0.15) is 25.1 Å². The Bertz CT molecular complexity index is 446. The van der Waals surface area contributed by atoms with Crippen LogP contribution in [0.2, 0.25) is 0 Å². The van der Waals surface area contributed by atoms with Crippen LogP contribution in [0.15, 0.2) is 17.3 Å². The summed E-state index contributed by atoms with van der Waals surface area (Å²) < 4.78 is 5.51. The molecule has 6 heteroatoms. The lowest BCUT2D eigenvalue weighted by Crippen LogP contribution is -2.28. The lowest BCUT2D eigenvalue weighted by atomic mass is 10.2. The zero-order valence-corrected chi connectivity index (χ0v) is 11.9. The fourth-order valence-corrected chi connectivity index (χ4v) is 1.62. The monoisotopic (exact) mass is 266 g/mol. The molecule has 0 aromatic carbocycles. The zero-order chi connectivity index (χ0) is 14.4. The van der Waals surface area contributed by atoms with Crippen LogP contribution in [0.3, 0.4) is 0 Å². The van der Waals surface area contributed by atoms with Gasteiger partial charge in [0.25, 0.3) is 0 Å². The van der Waals surface area contributed by atoms with Gasteiger partial charge in [0.05, 0.1) is 18.3 Å². The molecule has 1 aromatic rings. The van der Waals surface area contributed by atoms with Gasteiger partial charge in [0.15, 0.2) is 5.84 Å². The predicted octanol–water partition coefficient (Wildman–Crippen LogP) is 1.35. The number of nitrogens with two attached hydrogens (primary N) is 1. The molecule has 0 aliphatic rings. The summed E-state index contributed by atoms with van der Waals surface area (Å²) in [7, 11) is 1.90. The largest absolute Gasteiger partial charge is 0.409 e. The van der Waals surface area contributed by atoms with Crippen LogP contribution in [-0.4, -0.2) is 42.3 Å². The molecule has 0 spiro atoms. The van der Waals surface area contributed by atoms with Gasteiger partial charge in [0, 0.05) is 19.3 Å². The van der Waals surface area contributed by atoms with E-state index in [1.807, 2.05) is 38.8 Å². The van der Waals surface area contributed by atoms with Gasteiger partial charge in [0.1, 0.15) is 5.82 Å². The second-order valence-corrected chi connectivity index (χ2v) is 4.65. The van der Waals surface area contributed by atoms with Gasteiger partial charge in [-0.2, -0.15) is 0 Å². The van der Waals surface area contributed by atoms with E-state index < -0.39 is 0 Å². The lowest BCUT2D eigenvalue weighted by Gasteiger charge is -2.21. The Kier molecular flexibility index (Phi) is 5.57. The van der Waals surface area contributed by atoms with Crippen molar-refractivity contribution in [2.24, 2.45) is 10.9 Å². The number of pyridine rings is 1. The number of likely N-dealkylation sites (N-methyl/N-ethyl adjacent to an activating group) is 1. The topological polar surface area (TPSA) is 84.0 Å². The van der Waals surface area contributed by atoms with Crippen molar-refractivity contribution in [2.45, 2.75) is 26.9 Å². The number of oxime groups is 1. The molecule has 0 aliphatic carbocycles. The highest BCUT2D eigenvalue weighted by Crippen LogP contribution is 2.17. The van der Waals surface area contributed by atoms with Crippen molar-refractivity contribution >= 4 is 11.7 Å². The maximum absolute atomic E-state index is 8.80. The molecule has 3 N–H and O–H groups in total. The minimum atomic E-state index is 0.0547. The number of amidine groups is 1. The van der Waals surface area contributed by atoms with Crippen LogP contribution >= 0.6 is 0 Å². The van der Waals surface area contributed by atoms with Gasteiger partial charge in [-0.25, -0.2) is 4.98 Å². The number of aromatic nitrogens is 1. The molecule has 1 aromatic heterocycles. The summed E-state index contributed by atoms with van der Waals surface area (Å²) in [4.78, 5) is 6.37. The van der Waals surface area contributed by atoms with Crippen molar-refractivity contribution in [1.29, 1.82) is 0 Å². The van der Waals surface area contributed by atoms with Crippen molar-refractivity contribution < 1.29 is 9.94 Å². The second kappa shape index (κ2) is 6.94. The van der Waals surface area contributed by atoms with E-state index >= 15 is 0 Å². The molecule has 0 bridgehead atoms. The number of nitrogens with zero attached hydrogens (tertiary/aromatic N) is 3. The van der Waals surface area contributed by atoms with E-state index in [0.29, 0.717) is 24.5 Å². The molecule has 0 unspecified atom stereocenters. The van der Waals surface area contributed by atoms with Crippen molar-refractivity contribution in [2.75, 3.05) is 25.1 Å². The lowest BCUT2D eigenvalue weighted by molar-refractivity contribution is 0.0845. The van der Waals surface area contributed by atoms with Crippen LogP contribution in [0.4, 0.5) is 5.82 Å². The van der Waals surface area contributed by atoms with E-state index in [9.17, 15) is 0 Å². The third-order valence-corrected chi connectivity index (χ3v) is 2.64. The Hall–Kier alpha value is -1.82. The van der Waals surface area contributed by atoms with Gasteiger partial charge >= 0.3 is 0 Å². The SMILES string of the molecule is Cc1ccc(/C(N)=N/O)c(N(C)CCOC(C)C)n1. The maximum atomic E-state index is 8.80. The quantitative estimate of drug-likeness (QED) is 0.351. The molecular formula is C13H22N4O2. The van der Waals surface area contributed by atoms with Crippen LogP contribution < -0.4 is 10.6 Å².